The van der Waals surface area contributed by atoms with E-state index in [0.717, 1.165) is 22.5 Å². The van der Waals surface area contributed by atoms with Gasteiger partial charge in [0.25, 0.3) is 0 Å². The molecule has 4 aromatic rings. The highest BCUT2D eigenvalue weighted by Crippen LogP contribution is 2.44. The summed E-state index contributed by atoms with van der Waals surface area (Å²) >= 11 is 0. The van der Waals surface area contributed by atoms with Crippen LogP contribution in [0.3, 0.4) is 0 Å². The second-order valence-corrected chi connectivity index (χ2v) is 8.74. The molecule has 0 saturated heterocycles. The first-order chi connectivity index (χ1) is 15.3. The normalized spacial score (nSPS) is 14.3. The zero-order valence-corrected chi connectivity index (χ0v) is 18.5. The minimum atomic E-state index is -0.527. The lowest BCUT2D eigenvalue weighted by Gasteiger charge is -2.35. The molecule has 166 valence electrons. The van der Waals surface area contributed by atoms with Crippen LogP contribution in [0.2, 0.25) is 0 Å². The van der Waals surface area contributed by atoms with Crippen LogP contribution in [-0.4, -0.2) is 31.0 Å². The number of aromatic nitrogens is 4. The Kier molecular flexibility index (Phi) is 4.60. The van der Waals surface area contributed by atoms with E-state index in [1.807, 2.05) is 38.3 Å². The average Bonchev–Trinajstić information content (AvgIpc) is 3.31. The van der Waals surface area contributed by atoms with Gasteiger partial charge in [0.2, 0.25) is 0 Å². The molecule has 1 aliphatic heterocycles. The smallest absolute Gasteiger partial charge is 0.162 e. The summed E-state index contributed by atoms with van der Waals surface area (Å²) in [6.07, 6.45) is 2.32. The molecule has 8 heteroatoms. The number of rotatable bonds is 4. The van der Waals surface area contributed by atoms with Gasteiger partial charge in [0.15, 0.2) is 5.82 Å². The number of nitrogens with one attached hydrogen (secondary N) is 1. The summed E-state index contributed by atoms with van der Waals surface area (Å²) in [5.41, 5.74) is 3.18. The van der Waals surface area contributed by atoms with Crippen molar-refractivity contribution in [1.29, 1.82) is 0 Å². The molecule has 3 heterocycles. The summed E-state index contributed by atoms with van der Waals surface area (Å²) in [6.45, 7) is 8.06. The molecule has 2 aromatic carbocycles. The lowest BCUT2D eigenvalue weighted by Crippen LogP contribution is -2.36. The van der Waals surface area contributed by atoms with Gasteiger partial charge in [-0.3, -0.25) is 4.57 Å². The van der Waals surface area contributed by atoms with Gasteiger partial charge in [-0.05, 0) is 62.6 Å². The first-order valence-electron chi connectivity index (χ1n) is 10.7. The zero-order valence-electron chi connectivity index (χ0n) is 18.5. The molecule has 0 bridgehead atoms. The summed E-state index contributed by atoms with van der Waals surface area (Å²) in [5, 5.41) is 22.1. The summed E-state index contributed by atoms with van der Waals surface area (Å²) < 4.78 is 34.2. The van der Waals surface area contributed by atoms with Gasteiger partial charge in [-0.25, -0.2) is 8.78 Å². The van der Waals surface area contributed by atoms with Crippen molar-refractivity contribution in [3.8, 4) is 16.8 Å². The summed E-state index contributed by atoms with van der Waals surface area (Å²) in [4.78, 5) is 0. The predicted molar refractivity (Wildman–Crippen MR) is 120 cm³/mol. The van der Waals surface area contributed by atoms with Crippen LogP contribution in [-0.2, 0) is 18.5 Å². The Labute approximate surface area is 184 Å². The molecule has 5 rings (SSSR count). The quantitative estimate of drug-likeness (QED) is 0.486. The van der Waals surface area contributed by atoms with Crippen molar-refractivity contribution in [2.75, 3.05) is 11.9 Å². The Bertz CT molecular complexity index is 1370. The number of aliphatic hydroxyl groups excluding tert-OH is 1. The fourth-order valence-electron chi connectivity index (χ4n) is 4.88. The van der Waals surface area contributed by atoms with E-state index in [1.54, 1.807) is 10.8 Å². The zero-order chi connectivity index (χ0) is 22.8. The van der Waals surface area contributed by atoms with Crippen LogP contribution < -0.4 is 5.32 Å². The molecule has 1 aliphatic rings. The molecule has 0 spiro atoms. The number of halogens is 2. The lowest BCUT2D eigenvalue weighted by atomic mass is 9.90. The topological polar surface area (TPSA) is 67.9 Å². The van der Waals surface area contributed by atoms with Crippen LogP contribution in [0.5, 0.6) is 0 Å². The van der Waals surface area contributed by atoms with E-state index in [2.05, 4.69) is 15.5 Å². The van der Waals surface area contributed by atoms with Crippen LogP contribution in [0.25, 0.3) is 27.7 Å². The van der Waals surface area contributed by atoms with Crippen molar-refractivity contribution < 1.29 is 13.9 Å². The van der Waals surface area contributed by atoms with Gasteiger partial charge in [0.05, 0.1) is 29.0 Å². The lowest BCUT2D eigenvalue weighted by molar-refractivity contribution is 0.278. The third-order valence-electron chi connectivity index (χ3n) is 6.22. The molecule has 0 unspecified atom stereocenters. The number of nitrogens with zero attached hydrogens (tertiary/aromatic N) is 4. The van der Waals surface area contributed by atoms with Gasteiger partial charge in [-0.15, -0.1) is 10.2 Å². The Hall–Kier alpha value is -3.26. The van der Waals surface area contributed by atoms with Crippen LogP contribution in [0.1, 0.15) is 38.0 Å². The van der Waals surface area contributed by atoms with Crippen LogP contribution in [0.4, 0.5) is 14.5 Å². The maximum atomic E-state index is 15.7. The number of fused-ring (bicyclic) bond motifs is 4. The molecule has 0 fully saturated rings. The van der Waals surface area contributed by atoms with Gasteiger partial charge >= 0.3 is 0 Å². The summed E-state index contributed by atoms with van der Waals surface area (Å²) in [6, 6.07) is 6.13. The highest BCUT2D eigenvalue weighted by molar-refractivity contribution is 5.98. The van der Waals surface area contributed by atoms with E-state index in [0.29, 0.717) is 41.1 Å². The third-order valence-corrected chi connectivity index (χ3v) is 6.22. The maximum Gasteiger partial charge on any atom is 0.162 e. The van der Waals surface area contributed by atoms with Crippen LogP contribution in [0.15, 0.2) is 30.5 Å². The fraction of sp³-hybridized carbons (Fsp3) is 0.333. The molecule has 0 saturated carbocycles. The van der Waals surface area contributed by atoms with Crippen molar-refractivity contribution in [1.82, 2.24) is 19.3 Å². The number of hydrogen-bond donors (Lipinski definition) is 2. The number of aryl methyl sites for hydroxylation is 1. The van der Waals surface area contributed by atoms with Crippen molar-refractivity contribution in [2.24, 2.45) is 0 Å². The molecular formula is C24H25F2N5O. The van der Waals surface area contributed by atoms with Crippen molar-refractivity contribution >= 4 is 16.6 Å². The highest BCUT2D eigenvalue weighted by Gasteiger charge is 2.36. The first kappa shape index (κ1) is 20.6. The van der Waals surface area contributed by atoms with Crippen molar-refractivity contribution in [3.05, 3.63) is 59.3 Å². The molecule has 0 atom stereocenters. The summed E-state index contributed by atoms with van der Waals surface area (Å²) in [7, 11) is 0. The Morgan fingerprint density at radius 1 is 1.16 bits per heavy atom. The second-order valence-electron chi connectivity index (χ2n) is 8.74. The van der Waals surface area contributed by atoms with Gasteiger partial charge < -0.3 is 15.0 Å². The third kappa shape index (κ3) is 2.86. The van der Waals surface area contributed by atoms with Crippen molar-refractivity contribution in [2.45, 2.75) is 46.2 Å². The molecule has 2 aromatic heterocycles. The van der Waals surface area contributed by atoms with Gasteiger partial charge in [-0.1, -0.05) is 6.92 Å². The van der Waals surface area contributed by atoms with Gasteiger partial charge in [0.1, 0.15) is 17.5 Å². The molecule has 0 amide bonds. The monoisotopic (exact) mass is 437 g/mol. The summed E-state index contributed by atoms with van der Waals surface area (Å²) in [5.74, 6) is 0.583. The Morgan fingerprint density at radius 3 is 2.66 bits per heavy atom. The van der Waals surface area contributed by atoms with Gasteiger partial charge in [-0.2, -0.15) is 0 Å². The number of benzene rings is 2. The number of anilines is 1. The standard InChI is InChI=1S/C24H25F2N5O/c1-5-15-21(17-10-14(25)11-20-16(17)6-7-30(20)8-9-32)18(26)12-19-22(15)31-13(2)28-29-23(31)24(3,4)27-19/h6-7,10-12,27,32H,5,8-9H2,1-4H3. The second kappa shape index (κ2) is 7.13. The van der Waals surface area contributed by atoms with E-state index in [9.17, 15) is 9.50 Å². The van der Waals surface area contributed by atoms with Crippen molar-refractivity contribution in [3.63, 3.8) is 0 Å². The van der Waals surface area contributed by atoms with Gasteiger partial charge in [0, 0.05) is 23.7 Å². The van der Waals surface area contributed by atoms with Crippen LogP contribution in [0, 0.1) is 18.6 Å². The van der Waals surface area contributed by atoms with E-state index in [1.165, 1.54) is 18.2 Å². The number of aliphatic hydroxyl groups is 1. The molecule has 0 radical (unpaired) electrons. The van der Waals surface area contributed by atoms with E-state index < -0.39 is 17.2 Å². The average molecular weight is 437 g/mol. The van der Waals surface area contributed by atoms with E-state index in [-0.39, 0.29) is 6.61 Å². The predicted octanol–water partition coefficient (Wildman–Crippen LogP) is 4.69. The largest absolute Gasteiger partial charge is 0.395 e. The molecule has 0 aliphatic carbocycles. The SMILES string of the molecule is CCc1c(-c2cc(F)cc3c2ccn3CCO)c(F)cc2c1-n1c(C)nnc1C(C)(C)N2. The van der Waals surface area contributed by atoms with E-state index in [4.69, 9.17) is 0 Å². The minimum absolute atomic E-state index is 0.0693. The number of hydrogen-bond acceptors (Lipinski definition) is 4. The van der Waals surface area contributed by atoms with Crippen LogP contribution >= 0.6 is 0 Å². The van der Waals surface area contributed by atoms with E-state index >= 15 is 4.39 Å². The molecule has 32 heavy (non-hydrogen) atoms. The molecular weight excluding hydrogens is 412 g/mol. The minimum Gasteiger partial charge on any atom is -0.395 e. The Balaban J connectivity index is 1.86. The highest BCUT2D eigenvalue weighted by atomic mass is 19.1. The Morgan fingerprint density at radius 2 is 1.94 bits per heavy atom. The fourth-order valence-corrected chi connectivity index (χ4v) is 4.88. The molecule has 6 nitrogen and oxygen atoms in total. The first-order valence-corrected chi connectivity index (χ1v) is 10.7. The maximum absolute atomic E-state index is 15.7. The molecule has 2 N–H and O–H groups in total.